The summed E-state index contributed by atoms with van der Waals surface area (Å²) < 4.78 is 12.9. The zero-order chi connectivity index (χ0) is 12.4. The van der Waals surface area contributed by atoms with Crippen molar-refractivity contribution in [3.63, 3.8) is 0 Å². The molecule has 0 N–H and O–H groups in total. The third-order valence-electron chi connectivity index (χ3n) is 2.19. The second kappa shape index (κ2) is 4.82. The van der Waals surface area contributed by atoms with Gasteiger partial charge >= 0.3 is 0 Å². The van der Waals surface area contributed by atoms with E-state index in [1.54, 1.807) is 18.2 Å². The largest absolute Gasteiger partial charge is 0.298 e. The number of rotatable bonds is 2. The van der Waals surface area contributed by atoms with Gasteiger partial charge < -0.3 is 0 Å². The molecule has 0 fully saturated rings. The van der Waals surface area contributed by atoms with Gasteiger partial charge in [0.25, 0.3) is 0 Å². The Labute approximate surface area is 107 Å². The molecule has 0 aliphatic carbocycles. The summed E-state index contributed by atoms with van der Waals surface area (Å²) in [5.74, 6) is -0.575. The Balaban J connectivity index is 2.67. The Morgan fingerprint density at radius 1 is 1.24 bits per heavy atom. The van der Waals surface area contributed by atoms with Crippen LogP contribution < -0.4 is 0 Å². The smallest absolute Gasteiger partial charge is 0.152 e. The highest BCUT2D eigenvalue weighted by molar-refractivity contribution is 6.35. The molecule has 0 amide bonds. The summed E-state index contributed by atoms with van der Waals surface area (Å²) in [7, 11) is 0. The highest BCUT2D eigenvalue weighted by Gasteiger charge is 2.11. The summed E-state index contributed by atoms with van der Waals surface area (Å²) in [6.07, 6.45) is 1.56. The Bertz CT molecular complexity index is 587. The van der Waals surface area contributed by atoms with Gasteiger partial charge in [0.05, 0.1) is 16.9 Å². The number of hydrogen-bond donors (Lipinski definition) is 0. The van der Waals surface area contributed by atoms with Crippen LogP contribution in [0.15, 0.2) is 30.5 Å². The molecule has 0 bridgehead atoms. The monoisotopic (exact) mass is 269 g/mol. The molecule has 0 aliphatic heterocycles. The minimum Gasteiger partial charge on any atom is -0.298 e. The van der Waals surface area contributed by atoms with E-state index < -0.39 is 5.82 Å². The topological polar surface area (TPSA) is 30.0 Å². The number of benzene rings is 1. The number of aldehydes is 1. The van der Waals surface area contributed by atoms with Gasteiger partial charge in [0, 0.05) is 16.1 Å². The number of halogens is 3. The van der Waals surface area contributed by atoms with Crippen LogP contribution in [0.5, 0.6) is 0 Å². The Kier molecular flexibility index (Phi) is 3.41. The third-order valence-corrected chi connectivity index (χ3v) is 2.76. The molecule has 0 atom stereocenters. The van der Waals surface area contributed by atoms with Crippen molar-refractivity contribution in [2.75, 3.05) is 0 Å². The Morgan fingerprint density at radius 3 is 2.71 bits per heavy atom. The van der Waals surface area contributed by atoms with E-state index in [1.165, 1.54) is 0 Å². The van der Waals surface area contributed by atoms with Gasteiger partial charge in [-0.05, 0) is 24.3 Å². The minimum atomic E-state index is -0.575. The molecule has 17 heavy (non-hydrogen) atoms. The number of pyridine rings is 1. The number of aromatic nitrogens is 1. The van der Waals surface area contributed by atoms with Crippen LogP contribution in [0.2, 0.25) is 10.0 Å². The maximum Gasteiger partial charge on any atom is 0.152 e. The first-order valence-electron chi connectivity index (χ1n) is 4.68. The van der Waals surface area contributed by atoms with Gasteiger partial charge in [-0.15, -0.1) is 0 Å². The molecule has 1 aromatic carbocycles. The lowest BCUT2D eigenvalue weighted by molar-refractivity contribution is 0.112. The molecule has 2 aromatic rings. The van der Waals surface area contributed by atoms with E-state index in [-0.39, 0.29) is 5.56 Å². The fraction of sp³-hybridized carbons (Fsp3) is 0. The van der Waals surface area contributed by atoms with Crippen molar-refractivity contribution < 1.29 is 9.18 Å². The van der Waals surface area contributed by atoms with Crippen LogP contribution in [0.4, 0.5) is 4.39 Å². The van der Waals surface area contributed by atoms with Crippen LogP contribution in [-0.4, -0.2) is 11.3 Å². The number of hydrogen-bond acceptors (Lipinski definition) is 2. The average Bonchev–Trinajstić information content (AvgIpc) is 2.32. The van der Waals surface area contributed by atoms with Crippen molar-refractivity contribution in [1.82, 2.24) is 4.98 Å². The minimum absolute atomic E-state index is 0.133. The summed E-state index contributed by atoms with van der Waals surface area (Å²) in [6.45, 7) is 0. The first-order valence-corrected chi connectivity index (χ1v) is 5.43. The molecule has 86 valence electrons. The quantitative estimate of drug-likeness (QED) is 0.772. The standard InChI is InChI=1S/C12H6Cl2FNO/c13-8-1-2-11(14)10(4-8)12-7(6-17)3-9(15)5-16-12/h1-6H. The van der Waals surface area contributed by atoms with E-state index in [2.05, 4.69) is 4.98 Å². The van der Waals surface area contributed by atoms with Gasteiger partial charge in [0.2, 0.25) is 0 Å². The molecular weight excluding hydrogens is 264 g/mol. The van der Waals surface area contributed by atoms with E-state index >= 15 is 0 Å². The molecule has 0 saturated carbocycles. The summed E-state index contributed by atoms with van der Waals surface area (Å²) in [6, 6.07) is 5.90. The van der Waals surface area contributed by atoms with Crippen LogP contribution in [0, 0.1) is 5.82 Å². The molecule has 2 nitrogen and oxygen atoms in total. The lowest BCUT2D eigenvalue weighted by Crippen LogP contribution is -1.94. The first-order chi connectivity index (χ1) is 8.11. The van der Waals surface area contributed by atoms with Crippen molar-refractivity contribution in [2.24, 2.45) is 0 Å². The molecule has 2 rings (SSSR count). The van der Waals surface area contributed by atoms with E-state index in [0.717, 1.165) is 12.3 Å². The maximum atomic E-state index is 12.9. The van der Waals surface area contributed by atoms with Crippen molar-refractivity contribution >= 4 is 29.5 Å². The summed E-state index contributed by atoms with van der Waals surface area (Å²) in [5.41, 5.74) is 0.948. The second-order valence-electron chi connectivity index (χ2n) is 3.33. The lowest BCUT2D eigenvalue weighted by atomic mass is 10.1. The SMILES string of the molecule is O=Cc1cc(F)cnc1-c1cc(Cl)ccc1Cl. The molecule has 0 aliphatic rings. The van der Waals surface area contributed by atoms with Gasteiger partial charge in [-0.1, -0.05) is 23.2 Å². The van der Waals surface area contributed by atoms with Gasteiger partial charge in [0.15, 0.2) is 6.29 Å². The first kappa shape index (κ1) is 12.0. The van der Waals surface area contributed by atoms with Crippen molar-refractivity contribution in [3.8, 4) is 11.3 Å². The van der Waals surface area contributed by atoms with Gasteiger partial charge in [-0.25, -0.2) is 4.39 Å². The van der Waals surface area contributed by atoms with E-state index in [4.69, 9.17) is 23.2 Å². The van der Waals surface area contributed by atoms with Gasteiger partial charge in [0.1, 0.15) is 5.82 Å². The Morgan fingerprint density at radius 2 is 2.00 bits per heavy atom. The van der Waals surface area contributed by atoms with Crippen molar-refractivity contribution in [1.29, 1.82) is 0 Å². The molecule has 0 saturated heterocycles. The molecule has 0 spiro atoms. The van der Waals surface area contributed by atoms with Gasteiger partial charge in [-0.2, -0.15) is 0 Å². The molecule has 1 aromatic heterocycles. The average molecular weight is 270 g/mol. The third kappa shape index (κ3) is 2.46. The van der Waals surface area contributed by atoms with Crippen molar-refractivity contribution in [2.45, 2.75) is 0 Å². The fourth-order valence-corrected chi connectivity index (χ4v) is 1.83. The van der Waals surface area contributed by atoms with Crippen molar-refractivity contribution in [3.05, 3.63) is 51.9 Å². The molecule has 1 heterocycles. The van der Waals surface area contributed by atoms with E-state index in [1.807, 2.05) is 0 Å². The second-order valence-corrected chi connectivity index (χ2v) is 4.18. The molecule has 0 unspecified atom stereocenters. The van der Waals surface area contributed by atoms with Crippen LogP contribution in [0.25, 0.3) is 11.3 Å². The number of carbonyl (C=O) groups excluding carboxylic acids is 1. The highest BCUT2D eigenvalue weighted by Crippen LogP contribution is 2.30. The van der Waals surface area contributed by atoms with Crippen LogP contribution in [-0.2, 0) is 0 Å². The zero-order valence-corrected chi connectivity index (χ0v) is 9.97. The zero-order valence-electron chi connectivity index (χ0n) is 8.45. The lowest BCUT2D eigenvalue weighted by Gasteiger charge is -2.06. The fourth-order valence-electron chi connectivity index (χ4n) is 1.45. The summed E-state index contributed by atoms with van der Waals surface area (Å²) in [5, 5.41) is 0.865. The number of carbonyl (C=O) groups is 1. The predicted molar refractivity (Wildman–Crippen MR) is 65.0 cm³/mol. The van der Waals surface area contributed by atoms with Gasteiger partial charge in [-0.3, -0.25) is 9.78 Å². The van der Waals surface area contributed by atoms with Crippen LogP contribution in [0.1, 0.15) is 10.4 Å². The van der Waals surface area contributed by atoms with E-state index in [0.29, 0.717) is 27.6 Å². The maximum absolute atomic E-state index is 12.9. The molecule has 5 heteroatoms. The van der Waals surface area contributed by atoms with Crippen LogP contribution >= 0.6 is 23.2 Å². The normalized spacial score (nSPS) is 10.3. The van der Waals surface area contributed by atoms with E-state index in [9.17, 15) is 9.18 Å². The number of nitrogens with zero attached hydrogens (tertiary/aromatic N) is 1. The summed E-state index contributed by atoms with van der Waals surface area (Å²) >= 11 is 11.8. The molecular formula is C12H6Cl2FNO. The Hall–Kier alpha value is -1.45. The highest BCUT2D eigenvalue weighted by atomic mass is 35.5. The van der Waals surface area contributed by atoms with Crippen LogP contribution in [0.3, 0.4) is 0 Å². The molecule has 0 radical (unpaired) electrons. The predicted octanol–water partition coefficient (Wildman–Crippen LogP) is 4.01. The summed E-state index contributed by atoms with van der Waals surface area (Å²) in [4.78, 5) is 14.7.